The minimum absolute atomic E-state index is 0.211. The van der Waals surface area contributed by atoms with Crippen LogP contribution in [0.15, 0.2) is 24.3 Å². The Bertz CT molecular complexity index is 518. The van der Waals surface area contributed by atoms with Crippen molar-refractivity contribution in [2.75, 3.05) is 0 Å². The molecule has 1 aromatic carbocycles. The average molecular weight is 289 g/mol. The molecule has 1 aliphatic carbocycles. The maximum atomic E-state index is 12.2. The van der Waals surface area contributed by atoms with E-state index >= 15 is 0 Å². The molecule has 110 valence electrons. The van der Waals surface area contributed by atoms with Crippen LogP contribution in [-0.2, 0) is 10.3 Å². The summed E-state index contributed by atoms with van der Waals surface area (Å²) in [6.45, 7) is 0. The molecular formula is C13H14F3NO3. The average Bonchev–Trinajstić information content (AvgIpc) is 2.34. The van der Waals surface area contributed by atoms with Gasteiger partial charge in [0, 0.05) is 0 Å². The van der Waals surface area contributed by atoms with Crippen molar-refractivity contribution in [3.63, 3.8) is 0 Å². The van der Waals surface area contributed by atoms with Gasteiger partial charge in [-0.25, -0.2) is 0 Å². The highest BCUT2D eigenvalue weighted by Gasteiger charge is 2.42. The number of hydrogen-bond acceptors (Lipinski definition) is 4. The molecule has 20 heavy (non-hydrogen) atoms. The van der Waals surface area contributed by atoms with Crippen LogP contribution in [0.4, 0.5) is 13.2 Å². The van der Waals surface area contributed by atoms with Crippen LogP contribution in [-0.4, -0.2) is 23.4 Å². The lowest BCUT2D eigenvalue weighted by Crippen LogP contribution is -2.52. The van der Waals surface area contributed by atoms with Crippen LogP contribution in [0.1, 0.15) is 24.8 Å². The second kappa shape index (κ2) is 5.06. The molecule has 0 heterocycles. The van der Waals surface area contributed by atoms with E-state index in [2.05, 4.69) is 4.74 Å². The number of aliphatic hydroxyl groups is 1. The summed E-state index contributed by atoms with van der Waals surface area (Å²) in [7, 11) is 0. The maximum Gasteiger partial charge on any atom is 0.573 e. The van der Waals surface area contributed by atoms with E-state index in [9.17, 15) is 23.1 Å². The third-order valence-corrected chi connectivity index (χ3v) is 3.37. The molecule has 0 bridgehead atoms. The van der Waals surface area contributed by atoms with E-state index in [4.69, 9.17) is 5.73 Å². The Hall–Kier alpha value is -1.60. The summed E-state index contributed by atoms with van der Waals surface area (Å²) < 4.78 is 40.4. The number of carbonyl (C=O) groups excluding carboxylic acids is 1. The van der Waals surface area contributed by atoms with Gasteiger partial charge in [-0.2, -0.15) is 0 Å². The van der Waals surface area contributed by atoms with E-state index in [1.807, 2.05) is 0 Å². The summed E-state index contributed by atoms with van der Waals surface area (Å²) in [6.07, 6.45) is -4.87. The fourth-order valence-electron chi connectivity index (χ4n) is 2.38. The number of rotatable bonds is 2. The Morgan fingerprint density at radius 3 is 2.75 bits per heavy atom. The molecule has 1 aromatic rings. The van der Waals surface area contributed by atoms with Crippen LogP contribution in [0, 0.1) is 0 Å². The molecule has 0 amide bonds. The topological polar surface area (TPSA) is 72.6 Å². The minimum Gasteiger partial charge on any atom is -0.406 e. The van der Waals surface area contributed by atoms with Crippen molar-refractivity contribution >= 4 is 5.78 Å². The second-order valence-electron chi connectivity index (χ2n) is 4.82. The van der Waals surface area contributed by atoms with Crippen LogP contribution in [0.3, 0.4) is 0 Å². The predicted molar refractivity (Wildman–Crippen MR) is 63.9 cm³/mol. The molecule has 0 radical (unpaired) electrons. The van der Waals surface area contributed by atoms with Crippen molar-refractivity contribution in [2.24, 2.45) is 5.73 Å². The summed E-state index contributed by atoms with van der Waals surface area (Å²) in [4.78, 5) is 12.0. The largest absolute Gasteiger partial charge is 0.573 e. The lowest BCUT2D eigenvalue weighted by molar-refractivity contribution is -0.274. The molecule has 2 atom stereocenters. The van der Waals surface area contributed by atoms with Gasteiger partial charge in [-0.05, 0) is 37.0 Å². The van der Waals surface area contributed by atoms with Crippen molar-refractivity contribution in [1.82, 2.24) is 0 Å². The summed E-state index contributed by atoms with van der Waals surface area (Å²) in [5.74, 6) is -1.01. The van der Waals surface area contributed by atoms with Crippen LogP contribution in [0.5, 0.6) is 5.75 Å². The number of carbonyl (C=O) groups is 1. The lowest BCUT2D eigenvalue weighted by atomic mass is 9.75. The van der Waals surface area contributed by atoms with Gasteiger partial charge in [-0.15, -0.1) is 13.2 Å². The van der Waals surface area contributed by atoms with E-state index in [1.165, 1.54) is 12.1 Å². The third-order valence-electron chi connectivity index (χ3n) is 3.37. The number of hydrogen-bond donors (Lipinski definition) is 2. The fraction of sp³-hybridized carbons (Fsp3) is 0.462. The number of ether oxygens (including phenoxy) is 1. The number of nitrogens with two attached hydrogens (primary N) is 1. The monoisotopic (exact) mass is 289 g/mol. The van der Waals surface area contributed by atoms with Gasteiger partial charge in [-0.3, -0.25) is 4.79 Å². The second-order valence-corrected chi connectivity index (χ2v) is 4.82. The molecule has 1 saturated carbocycles. The zero-order valence-corrected chi connectivity index (χ0v) is 10.5. The van der Waals surface area contributed by atoms with Gasteiger partial charge >= 0.3 is 6.36 Å². The summed E-state index contributed by atoms with van der Waals surface area (Å²) in [6, 6.07) is 5.01. The molecule has 3 N–H and O–H groups in total. The molecule has 1 fully saturated rings. The quantitative estimate of drug-likeness (QED) is 0.871. The predicted octanol–water partition coefficient (Wildman–Crippen LogP) is 1.85. The van der Waals surface area contributed by atoms with E-state index < -0.39 is 29.5 Å². The Morgan fingerprint density at radius 2 is 2.10 bits per heavy atom. The summed E-state index contributed by atoms with van der Waals surface area (Å²) in [5.41, 5.74) is 4.74. The smallest absolute Gasteiger partial charge is 0.406 e. The molecule has 4 nitrogen and oxygen atoms in total. The number of ketones is 1. The van der Waals surface area contributed by atoms with Gasteiger partial charge in [-0.1, -0.05) is 12.1 Å². The number of aliphatic hydroxyl groups excluding tert-OH is 1. The molecule has 0 spiro atoms. The molecule has 2 rings (SSSR count). The first-order valence-corrected chi connectivity index (χ1v) is 6.10. The van der Waals surface area contributed by atoms with Gasteiger partial charge < -0.3 is 15.6 Å². The highest BCUT2D eigenvalue weighted by atomic mass is 19.4. The van der Waals surface area contributed by atoms with Gasteiger partial charge in [0.05, 0.1) is 0 Å². The number of halogens is 3. The van der Waals surface area contributed by atoms with Crippen molar-refractivity contribution in [3.05, 3.63) is 29.8 Å². The standard InChI is InChI=1S/C13H14F3NO3/c14-13(15,16)20-9-4-1-3-8(7-9)12(17)6-2-5-10(18)11(12)19/h1,3-4,7,10,18H,2,5-6,17H2. The zero-order chi connectivity index (χ0) is 15.0. The molecule has 1 aliphatic rings. The van der Waals surface area contributed by atoms with Crippen LogP contribution in [0.25, 0.3) is 0 Å². The Kier molecular flexibility index (Phi) is 3.75. The van der Waals surface area contributed by atoms with Crippen LogP contribution < -0.4 is 10.5 Å². The molecule has 0 aromatic heterocycles. The van der Waals surface area contributed by atoms with E-state index in [0.717, 1.165) is 12.1 Å². The first kappa shape index (κ1) is 14.8. The fourth-order valence-corrected chi connectivity index (χ4v) is 2.38. The van der Waals surface area contributed by atoms with Crippen molar-refractivity contribution < 1.29 is 27.8 Å². The zero-order valence-electron chi connectivity index (χ0n) is 10.5. The molecule has 0 aliphatic heterocycles. The first-order chi connectivity index (χ1) is 9.22. The molecule has 7 heteroatoms. The van der Waals surface area contributed by atoms with Crippen LogP contribution in [0.2, 0.25) is 0 Å². The van der Waals surface area contributed by atoms with E-state index in [1.54, 1.807) is 0 Å². The highest BCUT2D eigenvalue weighted by Crippen LogP contribution is 2.34. The summed E-state index contributed by atoms with van der Waals surface area (Å²) in [5, 5.41) is 9.59. The molecule has 0 saturated heterocycles. The number of benzene rings is 1. The Labute approximate surface area is 113 Å². The normalized spacial score (nSPS) is 27.4. The van der Waals surface area contributed by atoms with Gasteiger partial charge in [0.25, 0.3) is 0 Å². The number of Topliss-reactive ketones (excluding diaryl/α,β-unsaturated/α-hetero) is 1. The molecular weight excluding hydrogens is 275 g/mol. The molecule has 2 unspecified atom stereocenters. The van der Waals surface area contributed by atoms with Crippen molar-refractivity contribution in [3.8, 4) is 5.75 Å². The SMILES string of the molecule is NC1(c2cccc(OC(F)(F)F)c2)CCCC(O)C1=O. The Morgan fingerprint density at radius 1 is 1.40 bits per heavy atom. The Balaban J connectivity index is 2.32. The van der Waals surface area contributed by atoms with Crippen molar-refractivity contribution in [1.29, 1.82) is 0 Å². The first-order valence-electron chi connectivity index (χ1n) is 6.10. The summed E-state index contributed by atoms with van der Waals surface area (Å²) >= 11 is 0. The number of alkyl halides is 3. The van der Waals surface area contributed by atoms with Crippen molar-refractivity contribution in [2.45, 2.75) is 37.3 Å². The highest BCUT2D eigenvalue weighted by molar-refractivity contribution is 5.93. The van der Waals surface area contributed by atoms with E-state index in [-0.39, 0.29) is 12.0 Å². The van der Waals surface area contributed by atoms with Gasteiger partial charge in [0.15, 0.2) is 5.78 Å². The third kappa shape index (κ3) is 2.94. The van der Waals surface area contributed by atoms with E-state index in [0.29, 0.717) is 12.8 Å². The maximum absolute atomic E-state index is 12.2. The van der Waals surface area contributed by atoms with Crippen LogP contribution >= 0.6 is 0 Å². The van der Waals surface area contributed by atoms with Gasteiger partial charge in [0.2, 0.25) is 0 Å². The minimum atomic E-state index is -4.81. The van der Waals surface area contributed by atoms with Gasteiger partial charge in [0.1, 0.15) is 17.4 Å². The lowest BCUT2D eigenvalue weighted by Gasteiger charge is -2.34.